The molecule has 0 aliphatic rings. The van der Waals surface area contributed by atoms with E-state index < -0.39 is 31.3 Å². The number of rotatable bonds is 5. The third-order valence-corrected chi connectivity index (χ3v) is 3.84. The van der Waals surface area contributed by atoms with Gasteiger partial charge in [-0.05, 0) is 18.2 Å². The molecule has 2 rings (SSSR count). The van der Waals surface area contributed by atoms with Crippen LogP contribution in [0, 0.1) is 15.9 Å². The molecule has 9 heteroatoms. The maximum atomic E-state index is 13.4. The lowest BCUT2D eigenvalue weighted by molar-refractivity contribution is -0.387. The van der Waals surface area contributed by atoms with Gasteiger partial charge in [0.25, 0.3) is 0 Å². The van der Waals surface area contributed by atoms with Crippen molar-refractivity contribution in [1.82, 2.24) is 4.72 Å². The van der Waals surface area contributed by atoms with Gasteiger partial charge in [-0.15, -0.1) is 0 Å². The lowest BCUT2D eigenvalue weighted by Crippen LogP contribution is -2.23. The summed E-state index contributed by atoms with van der Waals surface area (Å²) in [5.41, 5.74) is -0.782. The van der Waals surface area contributed by atoms with E-state index in [1.54, 1.807) is 12.1 Å². The highest BCUT2D eigenvalue weighted by atomic mass is 32.2. The summed E-state index contributed by atoms with van der Waals surface area (Å²) in [7, 11) is -3.97. The van der Waals surface area contributed by atoms with Crippen LogP contribution in [0.2, 0.25) is 0 Å². The maximum Gasteiger partial charge on any atom is 0.304 e. The fraction of sp³-hybridized carbons (Fsp3) is 0.0909. The molecule has 0 saturated heterocycles. The van der Waals surface area contributed by atoms with Crippen molar-refractivity contribution < 1.29 is 22.1 Å². The first-order chi connectivity index (χ1) is 9.40. The van der Waals surface area contributed by atoms with Gasteiger partial charge >= 0.3 is 5.69 Å². The van der Waals surface area contributed by atoms with Crippen LogP contribution >= 0.6 is 0 Å². The molecule has 0 fully saturated rings. The maximum absolute atomic E-state index is 13.4. The highest BCUT2D eigenvalue weighted by Gasteiger charge is 2.20. The van der Waals surface area contributed by atoms with Crippen LogP contribution < -0.4 is 4.72 Å². The first kappa shape index (κ1) is 14.2. The topological polar surface area (TPSA) is 102 Å². The largest absolute Gasteiger partial charge is 0.468 e. The van der Waals surface area contributed by atoms with Gasteiger partial charge in [0, 0.05) is 12.1 Å². The molecule has 0 radical (unpaired) electrons. The number of nitrogens with one attached hydrogen (secondary N) is 1. The number of furan rings is 1. The Kier molecular flexibility index (Phi) is 3.81. The number of nitro groups is 1. The van der Waals surface area contributed by atoms with Crippen LogP contribution in [-0.2, 0) is 16.6 Å². The van der Waals surface area contributed by atoms with E-state index in [1.807, 2.05) is 0 Å². The van der Waals surface area contributed by atoms with Gasteiger partial charge in [0.15, 0.2) is 0 Å². The number of hydrogen-bond acceptors (Lipinski definition) is 5. The molecule has 0 amide bonds. The molecule has 0 saturated carbocycles. The Labute approximate surface area is 113 Å². The second kappa shape index (κ2) is 5.39. The fourth-order valence-corrected chi connectivity index (χ4v) is 2.47. The Bertz CT molecular complexity index is 727. The minimum absolute atomic E-state index is 0.103. The van der Waals surface area contributed by atoms with Gasteiger partial charge in [-0.1, -0.05) is 0 Å². The summed E-state index contributed by atoms with van der Waals surface area (Å²) in [4.78, 5) is 9.13. The zero-order valence-corrected chi connectivity index (χ0v) is 10.8. The predicted octanol–water partition coefficient (Wildman–Crippen LogP) is 1.81. The van der Waals surface area contributed by atoms with Crippen molar-refractivity contribution in [2.24, 2.45) is 0 Å². The second-order valence-electron chi connectivity index (χ2n) is 3.77. The third-order valence-electron chi connectivity index (χ3n) is 2.44. The number of sulfonamides is 1. The van der Waals surface area contributed by atoms with Crippen LogP contribution in [-0.4, -0.2) is 13.3 Å². The molecule has 1 aromatic carbocycles. The van der Waals surface area contributed by atoms with Gasteiger partial charge in [0.2, 0.25) is 15.8 Å². The van der Waals surface area contributed by atoms with Crippen molar-refractivity contribution in [1.29, 1.82) is 0 Å². The van der Waals surface area contributed by atoms with Crippen molar-refractivity contribution in [3.63, 3.8) is 0 Å². The molecule has 1 aromatic heterocycles. The van der Waals surface area contributed by atoms with E-state index in [9.17, 15) is 22.9 Å². The Morgan fingerprint density at radius 3 is 2.65 bits per heavy atom. The Morgan fingerprint density at radius 1 is 1.35 bits per heavy atom. The molecule has 7 nitrogen and oxygen atoms in total. The van der Waals surface area contributed by atoms with Crippen molar-refractivity contribution in [2.45, 2.75) is 11.4 Å². The van der Waals surface area contributed by atoms with Crippen molar-refractivity contribution in [2.75, 3.05) is 0 Å². The second-order valence-corrected chi connectivity index (χ2v) is 5.54. The summed E-state index contributed by atoms with van der Waals surface area (Å²) in [5, 5.41) is 10.5. The molecule has 20 heavy (non-hydrogen) atoms. The van der Waals surface area contributed by atoms with Crippen LogP contribution in [0.5, 0.6) is 0 Å². The molecule has 0 unspecified atom stereocenters. The molecule has 1 heterocycles. The average Bonchev–Trinajstić information content (AvgIpc) is 2.89. The lowest BCUT2D eigenvalue weighted by Gasteiger charge is -2.05. The van der Waals surface area contributed by atoms with E-state index in [2.05, 4.69) is 4.72 Å². The molecular weight excluding hydrogens is 291 g/mol. The van der Waals surface area contributed by atoms with Crippen LogP contribution in [0.1, 0.15) is 5.76 Å². The van der Waals surface area contributed by atoms with Crippen molar-refractivity contribution in [3.8, 4) is 0 Å². The molecule has 0 spiro atoms. The highest BCUT2D eigenvalue weighted by molar-refractivity contribution is 7.89. The fourth-order valence-electron chi connectivity index (χ4n) is 1.47. The Hall–Kier alpha value is -2.26. The Morgan fingerprint density at radius 2 is 2.10 bits per heavy atom. The number of nitrogens with zero attached hydrogens (tertiary/aromatic N) is 1. The molecule has 2 aromatic rings. The normalized spacial score (nSPS) is 11.4. The number of halogens is 1. The summed E-state index contributed by atoms with van der Waals surface area (Å²) in [6.45, 7) is -0.103. The van der Waals surface area contributed by atoms with Crippen LogP contribution in [0.3, 0.4) is 0 Å². The standard InChI is InChI=1S/C11H9FN2O5S/c12-10-6-9(3-4-11(10)14(15)16)20(17,18)13-7-8-2-1-5-19-8/h1-6,13H,7H2. The molecular formula is C11H9FN2O5S. The van der Waals surface area contributed by atoms with Crippen molar-refractivity contribution in [3.05, 3.63) is 58.3 Å². The van der Waals surface area contributed by atoms with Gasteiger partial charge in [0.05, 0.1) is 22.6 Å². The Balaban J connectivity index is 2.21. The number of nitro benzene ring substituents is 1. The summed E-state index contributed by atoms with van der Waals surface area (Å²) < 4.78 is 44.3. The van der Waals surface area contributed by atoms with E-state index in [0.29, 0.717) is 11.8 Å². The zero-order chi connectivity index (χ0) is 14.8. The average molecular weight is 300 g/mol. The first-order valence-electron chi connectivity index (χ1n) is 5.36. The van der Waals surface area contributed by atoms with Gasteiger partial charge in [-0.25, -0.2) is 13.1 Å². The molecule has 0 aliphatic heterocycles. The van der Waals surface area contributed by atoms with E-state index in [1.165, 1.54) is 6.26 Å². The van der Waals surface area contributed by atoms with Gasteiger partial charge in [-0.2, -0.15) is 4.39 Å². The van der Waals surface area contributed by atoms with Crippen LogP contribution in [0.15, 0.2) is 45.9 Å². The molecule has 1 N–H and O–H groups in total. The third kappa shape index (κ3) is 3.00. The predicted molar refractivity (Wildman–Crippen MR) is 65.8 cm³/mol. The van der Waals surface area contributed by atoms with Gasteiger partial charge in [0.1, 0.15) is 5.76 Å². The van der Waals surface area contributed by atoms with E-state index in [-0.39, 0.29) is 6.54 Å². The zero-order valence-electron chi connectivity index (χ0n) is 9.95. The minimum atomic E-state index is -3.97. The SMILES string of the molecule is O=[N+]([O-])c1ccc(S(=O)(=O)NCc2ccco2)cc1F. The molecule has 0 atom stereocenters. The van der Waals surface area contributed by atoms with E-state index >= 15 is 0 Å². The smallest absolute Gasteiger partial charge is 0.304 e. The summed E-state index contributed by atoms with van der Waals surface area (Å²) in [6, 6.07) is 5.53. The monoisotopic (exact) mass is 300 g/mol. The summed E-state index contributed by atoms with van der Waals surface area (Å²) in [6.07, 6.45) is 1.38. The highest BCUT2D eigenvalue weighted by Crippen LogP contribution is 2.20. The number of benzene rings is 1. The van der Waals surface area contributed by atoms with Crippen molar-refractivity contribution >= 4 is 15.7 Å². The molecule has 0 bridgehead atoms. The van der Waals surface area contributed by atoms with E-state index in [4.69, 9.17) is 4.42 Å². The summed E-state index contributed by atoms with van der Waals surface area (Å²) >= 11 is 0. The lowest BCUT2D eigenvalue weighted by atomic mass is 10.3. The first-order valence-corrected chi connectivity index (χ1v) is 6.84. The summed E-state index contributed by atoms with van der Waals surface area (Å²) in [5.74, 6) is -0.827. The van der Waals surface area contributed by atoms with Crippen LogP contribution in [0.4, 0.5) is 10.1 Å². The number of hydrogen-bond donors (Lipinski definition) is 1. The minimum Gasteiger partial charge on any atom is -0.468 e. The quantitative estimate of drug-likeness (QED) is 0.670. The van der Waals surface area contributed by atoms with Gasteiger partial charge < -0.3 is 4.42 Å². The van der Waals surface area contributed by atoms with Crippen LogP contribution in [0.25, 0.3) is 0 Å². The van der Waals surface area contributed by atoms with Gasteiger partial charge in [-0.3, -0.25) is 10.1 Å². The molecule has 0 aliphatic carbocycles. The van der Waals surface area contributed by atoms with E-state index in [0.717, 1.165) is 12.1 Å². The molecule has 106 valence electrons.